The van der Waals surface area contributed by atoms with Gasteiger partial charge in [-0.05, 0) is 48.4 Å². The lowest BCUT2D eigenvalue weighted by Gasteiger charge is -2.32. The van der Waals surface area contributed by atoms with Crippen molar-refractivity contribution >= 4 is 22.3 Å². The van der Waals surface area contributed by atoms with E-state index < -0.39 is 0 Å². The molecule has 4 nitrogen and oxygen atoms in total. The zero-order chi connectivity index (χ0) is 15.4. The van der Waals surface area contributed by atoms with Crippen molar-refractivity contribution in [1.82, 2.24) is 4.98 Å². The van der Waals surface area contributed by atoms with Crippen molar-refractivity contribution in [3.63, 3.8) is 0 Å². The number of anilines is 2. The summed E-state index contributed by atoms with van der Waals surface area (Å²) in [4.78, 5) is 7.08. The van der Waals surface area contributed by atoms with E-state index in [0.29, 0.717) is 6.61 Å². The Labute approximate surface area is 132 Å². The molecule has 2 heterocycles. The molecule has 0 aliphatic carbocycles. The van der Waals surface area contributed by atoms with E-state index in [1.807, 2.05) is 6.20 Å². The smallest absolute Gasteiger partial charge is 0.136 e. The Hall–Kier alpha value is -1.81. The predicted molar refractivity (Wildman–Crippen MR) is 92.7 cm³/mol. The molecule has 1 aliphatic rings. The fourth-order valence-electron chi connectivity index (χ4n) is 3.04. The average molecular weight is 299 g/mol. The van der Waals surface area contributed by atoms with Gasteiger partial charge in [0, 0.05) is 44.0 Å². The van der Waals surface area contributed by atoms with Crippen molar-refractivity contribution in [1.29, 1.82) is 0 Å². The molecule has 118 valence electrons. The number of rotatable bonds is 5. The van der Waals surface area contributed by atoms with E-state index in [1.165, 1.54) is 23.6 Å². The highest BCUT2D eigenvalue weighted by Crippen LogP contribution is 2.29. The highest BCUT2D eigenvalue weighted by Gasteiger charge is 2.18. The van der Waals surface area contributed by atoms with Gasteiger partial charge in [-0.25, -0.2) is 4.98 Å². The van der Waals surface area contributed by atoms with E-state index in [0.717, 1.165) is 37.1 Å². The monoisotopic (exact) mass is 299 g/mol. The molecule has 1 aromatic carbocycles. The number of hydrogen-bond acceptors (Lipinski definition) is 4. The Morgan fingerprint density at radius 2 is 2.09 bits per heavy atom. The minimum Gasteiger partial charge on any atom is -0.383 e. The van der Waals surface area contributed by atoms with Crippen molar-refractivity contribution in [2.75, 3.05) is 43.6 Å². The highest BCUT2D eigenvalue weighted by molar-refractivity contribution is 5.94. The SMILES string of the molecule is COCCNc1ccc2c(N3CCC(C)CC3)nccc2c1. The van der Waals surface area contributed by atoms with Gasteiger partial charge in [0.2, 0.25) is 0 Å². The summed E-state index contributed by atoms with van der Waals surface area (Å²) in [6, 6.07) is 8.61. The minimum atomic E-state index is 0.714. The number of hydrogen-bond donors (Lipinski definition) is 1. The highest BCUT2D eigenvalue weighted by atomic mass is 16.5. The standard InChI is InChI=1S/C18H25N3O/c1-14-6-10-21(11-7-14)18-17-4-3-16(19-9-12-22-2)13-15(17)5-8-20-18/h3-5,8,13-14,19H,6-7,9-12H2,1-2H3. The first-order valence-electron chi connectivity index (χ1n) is 8.14. The quantitative estimate of drug-likeness (QED) is 0.857. The van der Waals surface area contributed by atoms with Gasteiger partial charge in [0.15, 0.2) is 0 Å². The molecule has 0 bridgehead atoms. The van der Waals surface area contributed by atoms with Crippen LogP contribution in [-0.4, -0.2) is 38.3 Å². The van der Waals surface area contributed by atoms with Crippen molar-refractivity contribution in [2.45, 2.75) is 19.8 Å². The lowest BCUT2D eigenvalue weighted by atomic mass is 9.99. The van der Waals surface area contributed by atoms with Crippen LogP contribution < -0.4 is 10.2 Å². The van der Waals surface area contributed by atoms with Crippen LogP contribution in [0.5, 0.6) is 0 Å². The summed E-state index contributed by atoms with van der Waals surface area (Å²) in [6.07, 6.45) is 4.44. The Kier molecular flexibility index (Phi) is 4.78. The van der Waals surface area contributed by atoms with E-state index in [1.54, 1.807) is 7.11 Å². The number of piperidine rings is 1. The summed E-state index contributed by atoms with van der Waals surface area (Å²) in [5.41, 5.74) is 1.13. The largest absolute Gasteiger partial charge is 0.383 e. The molecule has 22 heavy (non-hydrogen) atoms. The molecule has 0 radical (unpaired) electrons. The second kappa shape index (κ2) is 6.97. The van der Waals surface area contributed by atoms with Crippen LogP contribution in [-0.2, 0) is 4.74 Å². The second-order valence-corrected chi connectivity index (χ2v) is 6.16. The van der Waals surface area contributed by atoms with Crippen molar-refractivity contribution in [3.05, 3.63) is 30.5 Å². The zero-order valence-corrected chi connectivity index (χ0v) is 13.5. The van der Waals surface area contributed by atoms with E-state index in [2.05, 4.69) is 46.4 Å². The molecule has 1 aromatic heterocycles. The molecule has 1 saturated heterocycles. The van der Waals surface area contributed by atoms with Gasteiger partial charge in [-0.3, -0.25) is 0 Å². The van der Waals surface area contributed by atoms with Gasteiger partial charge in [-0.1, -0.05) is 6.92 Å². The van der Waals surface area contributed by atoms with E-state index in [4.69, 9.17) is 4.74 Å². The first-order chi connectivity index (χ1) is 10.8. The third kappa shape index (κ3) is 3.33. The molecule has 0 spiro atoms. The number of aromatic nitrogens is 1. The number of benzene rings is 1. The first kappa shape index (κ1) is 15.1. The summed E-state index contributed by atoms with van der Waals surface area (Å²) in [6.45, 7) is 6.10. The zero-order valence-electron chi connectivity index (χ0n) is 13.5. The summed E-state index contributed by atoms with van der Waals surface area (Å²) < 4.78 is 5.08. The number of ether oxygens (including phenoxy) is 1. The van der Waals surface area contributed by atoms with Gasteiger partial charge >= 0.3 is 0 Å². The minimum absolute atomic E-state index is 0.714. The van der Waals surface area contributed by atoms with Crippen LogP contribution >= 0.6 is 0 Å². The predicted octanol–water partition coefficient (Wildman–Crippen LogP) is 3.53. The first-order valence-corrected chi connectivity index (χ1v) is 8.14. The van der Waals surface area contributed by atoms with Crippen LogP contribution in [0.25, 0.3) is 10.8 Å². The van der Waals surface area contributed by atoms with E-state index >= 15 is 0 Å². The van der Waals surface area contributed by atoms with Gasteiger partial charge in [-0.15, -0.1) is 0 Å². The molecule has 0 atom stereocenters. The van der Waals surface area contributed by atoms with Crippen LogP contribution in [0, 0.1) is 5.92 Å². The summed E-state index contributed by atoms with van der Waals surface area (Å²) in [5.74, 6) is 1.97. The number of nitrogens with zero attached hydrogens (tertiary/aromatic N) is 2. The lowest BCUT2D eigenvalue weighted by molar-refractivity contribution is 0.211. The molecular formula is C18H25N3O. The van der Waals surface area contributed by atoms with Crippen molar-refractivity contribution in [2.24, 2.45) is 5.92 Å². The van der Waals surface area contributed by atoms with Gasteiger partial charge in [0.25, 0.3) is 0 Å². The van der Waals surface area contributed by atoms with Crippen molar-refractivity contribution in [3.8, 4) is 0 Å². The second-order valence-electron chi connectivity index (χ2n) is 6.16. The van der Waals surface area contributed by atoms with Crippen LogP contribution in [0.3, 0.4) is 0 Å². The van der Waals surface area contributed by atoms with Crippen LogP contribution in [0.15, 0.2) is 30.5 Å². The van der Waals surface area contributed by atoms with Crippen LogP contribution in [0.1, 0.15) is 19.8 Å². The number of methoxy groups -OCH3 is 1. The van der Waals surface area contributed by atoms with Gasteiger partial charge < -0.3 is 15.0 Å². The fraction of sp³-hybridized carbons (Fsp3) is 0.500. The summed E-state index contributed by atoms with van der Waals surface area (Å²) >= 11 is 0. The molecule has 4 heteroatoms. The Bertz CT molecular complexity index is 621. The maximum absolute atomic E-state index is 5.08. The molecule has 1 N–H and O–H groups in total. The molecule has 0 saturated carbocycles. The fourth-order valence-corrected chi connectivity index (χ4v) is 3.04. The van der Waals surface area contributed by atoms with Gasteiger partial charge in [0.05, 0.1) is 6.61 Å². The maximum atomic E-state index is 5.08. The number of fused-ring (bicyclic) bond motifs is 1. The third-order valence-electron chi connectivity index (χ3n) is 4.46. The molecule has 1 aliphatic heterocycles. The van der Waals surface area contributed by atoms with Crippen LogP contribution in [0.2, 0.25) is 0 Å². The molecule has 1 fully saturated rings. The summed E-state index contributed by atoms with van der Waals surface area (Å²) in [7, 11) is 1.72. The number of pyridine rings is 1. The van der Waals surface area contributed by atoms with E-state index in [9.17, 15) is 0 Å². The molecular weight excluding hydrogens is 274 g/mol. The Morgan fingerprint density at radius 1 is 1.27 bits per heavy atom. The average Bonchev–Trinajstić information content (AvgIpc) is 2.55. The Morgan fingerprint density at radius 3 is 2.86 bits per heavy atom. The van der Waals surface area contributed by atoms with E-state index in [-0.39, 0.29) is 0 Å². The molecule has 0 amide bonds. The molecule has 3 rings (SSSR count). The number of nitrogens with one attached hydrogen (secondary N) is 1. The molecule has 0 unspecified atom stereocenters. The van der Waals surface area contributed by atoms with Crippen LogP contribution in [0.4, 0.5) is 11.5 Å². The summed E-state index contributed by atoms with van der Waals surface area (Å²) in [5, 5.41) is 5.87. The van der Waals surface area contributed by atoms with Gasteiger partial charge in [0.1, 0.15) is 5.82 Å². The molecule has 2 aromatic rings. The van der Waals surface area contributed by atoms with Crippen molar-refractivity contribution < 1.29 is 4.74 Å². The topological polar surface area (TPSA) is 37.4 Å². The maximum Gasteiger partial charge on any atom is 0.136 e. The lowest BCUT2D eigenvalue weighted by Crippen LogP contribution is -2.33. The Balaban J connectivity index is 1.83. The van der Waals surface area contributed by atoms with Gasteiger partial charge in [-0.2, -0.15) is 0 Å². The third-order valence-corrected chi connectivity index (χ3v) is 4.46. The normalized spacial score (nSPS) is 16.2.